The molecule has 0 spiro atoms. The van der Waals surface area contributed by atoms with Gasteiger partial charge in [-0.2, -0.15) is 0 Å². The molecule has 2 aromatic heterocycles. The van der Waals surface area contributed by atoms with Crippen LogP contribution in [0.15, 0.2) is 66.3 Å². The molecule has 190 valence electrons. The van der Waals surface area contributed by atoms with Gasteiger partial charge >= 0.3 is 0 Å². The smallest absolute Gasteiger partial charge is 0.255 e. The maximum atomic E-state index is 13.0. The lowest BCUT2D eigenvalue weighted by Gasteiger charge is -2.32. The highest BCUT2D eigenvalue weighted by atomic mass is 35.5. The standard InChI is InChI=1S/C28H29ClN6OS/c1-19-5-8-23(15-25(19)32-28-33-26(18-37-28)21-4-3-9-30-16-21)31-27(36)20-6-7-22(24(29)14-20)17-35-12-10-34(2)11-13-35/h3-9,14-16,18H,10-13,17H2,1-2H3,(H,31,36)(H,32,33). The number of nitrogens with zero attached hydrogens (tertiary/aromatic N) is 4. The summed E-state index contributed by atoms with van der Waals surface area (Å²) in [5, 5.41) is 9.76. The Balaban J connectivity index is 1.24. The van der Waals surface area contributed by atoms with Crippen LogP contribution in [-0.4, -0.2) is 58.9 Å². The molecule has 0 atom stereocenters. The fourth-order valence-electron chi connectivity index (χ4n) is 4.19. The fraction of sp³-hybridized carbons (Fsp3) is 0.250. The van der Waals surface area contributed by atoms with Crippen molar-refractivity contribution in [3.8, 4) is 11.3 Å². The van der Waals surface area contributed by atoms with Crippen LogP contribution in [0.2, 0.25) is 5.02 Å². The molecule has 0 radical (unpaired) electrons. The predicted molar refractivity (Wildman–Crippen MR) is 152 cm³/mol. The number of hydrogen-bond acceptors (Lipinski definition) is 7. The first-order valence-corrected chi connectivity index (χ1v) is 13.4. The molecule has 1 aliphatic heterocycles. The summed E-state index contributed by atoms with van der Waals surface area (Å²) >= 11 is 8.09. The Morgan fingerprint density at radius 1 is 1.11 bits per heavy atom. The van der Waals surface area contributed by atoms with E-state index in [-0.39, 0.29) is 5.91 Å². The Morgan fingerprint density at radius 3 is 2.70 bits per heavy atom. The number of likely N-dealkylation sites (N-methyl/N-ethyl adjacent to an activating group) is 1. The van der Waals surface area contributed by atoms with Crippen molar-refractivity contribution in [3.63, 3.8) is 0 Å². The number of halogens is 1. The minimum atomic E-state index is -0.198. The van der Waals surface area contributed by atoms with Crippen LogP contribution in [0.1, 0.15) is 21.5 Å². The third-order valence-corrected chi connectivity index (χ3v) is 7.61. The number of carbonyl (C=O) groups is 1. The normalized spacial score (nSPS) is 14.5. The van der Waals surface area contributed by atoms with Crippen LogP contribution in [0.5, 0.6) is 0 Å². The van der Waals surface area contributed by atoms with Crippen LogP contribution in [-0.2, 0) is 6.54 Å². The number of anilines is 3. The number of nitrogens with one attached hydrogen (secondary N) is 2. The quantitative estimate of drug-likeness (QED) is 0.308. The van der Waals surface area contributed by atoms with Crippen molar-refractivity contribution in [2.75, 3.05) is 43.9 Å². The third-order valence-electron chi connectivity index (χ3n) is 6.50. The van der Waals surface area contributed by atoms with Crippen molar-refractivity contribution in [2.24, 2.45) is 0 Å². The fourth-order valence-corrected chi connectivity index (χ4v) is 5.17. The molecule has 4 aromatic rings. The van der Waals surface area contributed by atoms with Crippen LogP contribution in [0.4, 0.5) is 16.5 Å². The van der Waals surface area contributed by atoms with Crippen LogP contribution >= 0.6 is 22.9 Å². The highest BCUT2D eigenvalue weighted by molar-refractivity contribution is 7.14. The Hall–Kier alpha value is -3.30. The van der Waals surface area contributed by atoms with Gasteiger partial charge in [-0.05, 0) is 61.5 Å². The average Bonchev–Trinajstić information content (AvgIpc) is 3.37. The van der Waals surface area contributed by atoms with Gasteiger partial charge in [-0.15, -0.1) is 11.3 Å². The van der Waals surface area contributed by atoms with Gasteiger partial charge in [0, 0.05) is 78.0 Å². The number of thiazole rings is 1. The van der Waals surface area contributed by atoms with E-state index in [2.05, 4.69) is 37.4 Å². The maximum absolute atomic E-state index is 13.0. The number of benzene rings is 2. The molecule has 0 aliphatic carbocycles. The highest BCUT2D eigenvalue weighted by Crippen LogP contribution is 2.30. The number of carbonyl (C=O) groups excluding carboxylic acids is 1. The number of piperazine rings is 1. The zero-order chi connectivity index (χ0) is 25.8. The lowest BCUT2D eigenvalue weighted by atomic mass is 10.1. The molecule has 5 rings (SSSR count). The van der Waals surface area contributed by atoms with E-state index < -0.39 is 0 Å². The molecule has 3 heterocycles. The Labute approximate surface area is 226 Å². The Morgan fingerprint density at radius 2 is 1.95 bits per heavy atom. The number of pyridine rings is 1. The molecule has 37 heavy (non-hydrogen) atoms. The van der Waals surface area contributed by atoms with Gasteiger partial charge in [0.1, 0.15) is 0 Å². The zero-order valence-electron chi connectivity index (χ0n) is 20.9. The van der Waals surface area contributed by atoms with E-state index in [1.54, 1.807) is 18.5 Å². The second-order valence-electron chi connectivity index (χ2n) is 9.27. The first-order valence-electron chi connectivity index (χ1n) is 12.2. The molecule has 2 aromatic carbocycles. The summed E-state index contributed by atoms with van der Waals surface area (Å²) in [5.41, 5.74) is 6.04. The van der Waals surface area contributed by atoms with E-state index in [1.807, 2.05) is 54.8 Å². The molecule has 9 heteroatoms. The van der Waals surface area contributed by atoms with E-state index in [1.165, 1.54) is 11.3 Å². The van der Waals surface area contributed by atoms with Crippen molar-refractivity contribution >= 4 is 45.4 Å². The number of aryl methyl sites for hydroxylation is 1. The lowest BCUT2D eigenvalue weighted by molar-refractivity contribution is 0.102. The van der Waals surface area contributed by atoms with Crippen molar-refractivity contribution < 1.29 is 4.79 Å². The van der Waals surface area contributed by atoms with E-state index in [0.29, 0.717) is 16.3 Å². The number of hydrogen-bond donors (Lipinski definition) is 2. The van der Waals surface area contributed by atoms with E-state index in [0.717, 1.165) is 65.9 Å². The molecule has 1 amide bonds. The van der Waals surface area contributed by atoms with Crippen molar-refractivity contribution in [2.45, 2.75) is 13.5 Å². The van der Waals surface area contributed by atoms with Gasteiger partial charge in [-0.1, -0.05) is 23.7 Å². The molecule has 0 saturated carbocycles. The maximum Gasteiger partial charge on any atom is 0.255 e. The first kappa shape index (κ1) is 25.4. The zero-order valence-corrected chi connectivity index (χ0v) is 22.4. The summed E-state index contributed by atoms with van der Waals surface area (Å²) in [6.07, 6.45) is 3.54. The Kier molecular flexibility index (Phi) is 7.81. The van der Waals surface area contributed by atoms with Crippen LogP contribution < -0.4 is 10.6 Å². The van der Waals surface area contributed by atoms with Crippen molar-refractivity contribution in [1.29, 1.82) is 0 Å². The minimum absolute atomic E-state index is 0.198. The molecule has 1 saturated heterocycles. The molecule has 1 aliphatic rings. The highest BCUT2D eigenvalue weighted by Gasteiger charge is 2.16. The number of aromatic nitrogens is 2. The summed E-state index contributed by atoms with van der Waals surface area (Å²) in [7, 11) is 2.14. The van der Waals surface area contributed by atoms with Gasteiger partial charge in [-0.3, -0.25) is 14.7 Å². The van der Waals surface area contributed by atoms with E-state index >= 15 is 0 Å². The molecular weight excluding hydrogens is 504 g/mol. The second kappa shape index (κ2) is 11.4. The summed E-state index contributed by atoms with van der Waals surface area (Å²) in [4.78, 5) is 26.6. The van der Waals surface area contributed by atoms with Crippen LogP contribution in [0.25, 0.3) is 11.3 Å². The summed E-state index contributed by atoms with van der Waals surface area (Å²) in [5.74, 6) is -0.198. The largest absolute Gasteiger partial charge is 0.331 e. The summed E-state index contributed by atoms with van der Waals surface area (Å²) < 4.78 is 0. The summed E-state index contributed by atoms with van der Waals surface area (Å²) in [6.45, 7) is 6.96. The third kappa shape index (κ3) is 6.34. The number of rotatable bonds is 7. The SMILES string of the molecule is Cc1ccc(NC(=O)c2ccc(CN3CCN(C)CC3)c(Cl)c2)cc1Nc1nc(-c2cccnc2)cs1. The average molecular weight is 533 g/mol. The van der Waals surface area contributed by atoms with Gasteiger partial charge in [0.15, 0.2) is 5.13 Å². The topological polar surface area (TPSA) is 73.4 Å². The first-order chi connectivity index (χ1) is 17.9. The van der Waals surface area contributed by atoms with Crippen molar-refractivity contribution in [3.05, 3.63) is 88.0 Å². The van der Waals surface area contributed by atoms with Gasteiger partial charge in [-0.25, -0.2) is 4.98 Å². The molecule has 7 nitrogen and oxygen atoms in total. The monoisotopic (exact) mass is 532 g/mol. The Bertz CT molecular complexity index is 1380. The molecular formula is C28H29ClN6OS. The van der Waals surface area contributed by atoms with E-state index in [4.69, 9.17) is 11.6 Å². The minimum Gasteiger partial charge on any atom is -0.331 e. The number of amides is 1. The van der Waals surface area contributed by atoms with Gasteiger partial charge < -0.3 is 15.5 Å². The molecule has 0 bridgehead atoms. The van der Waals surface area contributed by atoms with Gasteiger partial charge in [0.25, 0.3) is 5.91 Å². The molecule has 1 fully saturated rings. The van der Waals surface area contributed by atoms with Crippen LogP contribution in [0.3, 0.4) is 0 Å². The van der Waals surface area contributed by atoms with Gasteiger partial charge in [0.05, 0.1) is 5.69 Å². The van der Waals surface area contributed by atoms with E-state index in [9.17, 15) is 4.79 Å². The lowest BCUT2D eigenvalue weighted by Crippen LogP contribution is -2.43. The van der Waals surface area contributed by atoms with Crippen molar-refractivity contribution in [1.82, 2.24) is 19.8 Å². The summed E-state index contributed by atoms with van der Waals surface area (Å²) in [6, 6.07) is 15.2. The molecule has 2 N–H and O–H groups in total. The van der Waals surface area contributed by atoms with Gasteiger partial charge in [0.2, 0.25) is 0 Å². The second-order valence-corrected chi connectivity index (χ2v) is 10.5. The molecule has 0 unspecified atom stereocenters. The predicted octanol–water partition coefficient (Wildman–Crippen LogP) is 5.91. The van der Waals surface area contributed by atoms with Crippen LogP contribution in [0, 0.1) is 6.92 Å².